The van der Waals surface area contributed by atoms with Crippen molar-refractivity contribution >= 4 is 29.6 Å². The van der Waals surface area contributed by atoms with Gasteiger partial charge in [-0.05, 0) is 35.6 Å². The van der Waals surface area contributed by atoms with Gasteiger partial charge in [-0.25, -0.2) is 4.79 Å². The Morgan fingerprint density at radius 1 is 1.19 bits per heavy atom. The zero-order valence-corrected chi connectivity index (χ0v) is 14.4. The molecule has 138 valence electrons. The minimum Gasteiger partial charge on any atom is -0.481 e. The Labute approximate surface area is 151 Å². The van der Waals surface area contributed by atoms with Crippen LogP contribution in [-0.2, 0) is 4.79 Å². The lowest BCUT2D eigenvalue weighted by atomic mass is 9.98. The van der Waals surface area contributed by atoms with Crippen LogP contribution in [0.25, 0.3) is 11.6 Å². The Morgan fingerprint density at radius 3 is 2.69 bits per heavy atom. The summed E-state index contributed by atoms with van der Waals surface area (Å²) in [4.78, 5) is 28.8. The fourth-order valence-electron chi connectivity index (χ4n) is 2.54. The zero-order chi connectivity index (χ0) is 18.9. The van der Waals surface area contributed by atoms with Crippen LogP contribution in [0.5, 0.6) is 0 Å². The van der Waals surface area contributed by atoms with Gasteiger partial charge in [-0.1, -0.05) is 24.3 Å². The number of carbonyl (C=O) groups excluding carboxylic acids is 1. The van der Waals surface area contributed by atoms with Gasteiger partial charge in [0.25, 0.3) is 0 Å². The van der Waals surface area contributed by atoms with Gasteiger partial charge in [-0.15, -0.1) is 0 Å². The van der Waals surface area contributed by atoms with Crippen molar-refractivity contribution < 1.29 is 14.7 Å². The average Bonchev–Trinajstić information content (AvgIpc) is 2.77. The molecule has 0 spiro atoms. The number of carboxylic acids is 1. The Bertz CT molecular complexity index is 751. The predicted octanol–water partition coefficient (Wildman–Crippen LogP) is 1.55. The summed E-state index contributed by atoms with van der Waals surface area (Å²) >= 11 is 0. The summed E-state index contributed by atoms with van der Waals surface area (Å²) in [7, 11) is 0. The van der Waals surface area contributed by atoms with Crippen LogP contribution in [0.2, 0.25) is 0 Å². The molecule has 0 aliphatic carbocycles. The third-order valence-electron chi connectivity index (χ3n) is 3.75. The molecule has 1 aromatic rings. The standard InChI is InChI=1S/C18H23N5O3/c19-17(20)21-8-3-4-9-22-18(26)23-10-7-13-5-1-2-6-15(13)14(12-23)11-16(24)25/h1-2,5-7,10,12H,3-4,8-9,11H2,(H,22,26)(H,24,25)(H4,19,20,21). The van der Waals surface area contributed by atoms with Crippen molar-refractivity contribution in [3.63, 3.8) is 0 Å². The number of benzene rings is 1. The van der Waals surface area contributed by atoms with Gasteiger partial charge in [0.15, 0.2) is 5.96 Å². The van der Waals surface area contributed by atoms with Crippen molar-refractivity contribution in [1.82, 2.24) is 10.2 Å². The van der Waals surface area contributed by atoms with E-state index in [4.69, 9.17) is 16.6 Å². The summed E-state index contributed by atoms with van der Waals surface area (Å²) < 4.78 is 0. The normalized spacial score (nSPS) is 12.6. The summed E-state index contributed by atoms with van der Waals surface area (Å²) in [5, 5.41) is 12.0. The Balaban J connectivity index is 2.01. The first-order valence-electron chi connectivity index (χ1n) is 8.29. The third kappa shape index (κ3) is 5.66. The zero-order valence-electron chi connectivity index (χ0n) is 14.4. The van der Waals surface area contributed by atoms with E-state index in [-0.39, 0.29) is 18.4 Å². The van der Waals surface area contributed by atoms with Crippen molar-refractivity contribution in [3.8, 4) is 0 Å². The molecular formula is C18H23N5O3. The summed E-state index contributed by atoms with van der Waals surface area (Å²) in [6, 6.07) is 7.12. The maximum Gasteiger partial charge on any atom is 0.325 e. The minimum absolute atomic E-state index is 0.0550. The molecule has 0 atom stereocenters. The molecule has 8 heteroatoms. The molecule has 8 nitrogen and oxygen atoms in total. The molecule has 0 saturated heterocycles. The van der Waals surface area contributed by atoms with E-state index >= 15 is 0 Å². The number of carbonyl (C=O) groups is 2. The van der Waals surface area contributed by atoms with E-state index in [2.05, 4.69) is 10.3 Å². The second kappa shape index (κ2) is 9.26. The number of fused-ring (bicyclic) bond motifs is 1. The quantitative estimate of drug-likeness (QED) is 0.334. The molecular weight excluding hydrogens is 334 g/mol. The lowest BCUT2D eigenvalue weighted by Crippen LogP contribution is -2.34. The van der Waals surface area contributed by atoms with Crippen molar-refractivity contribution in [2.45, 2.75) is 19.3 Å². The molecule has 0 aromatic heterocycles. The van der Waals surface area contributed by atoms with Gasteiger partial charge in [0.05, 0.1) is 6.42 Å². The molecule has 1 aliphatic heterocycles. The Hall–Kier alpha value is -3.29. The number of amides is 2. The molecule has 0 fully saturated rings. The first-order chi connectivity index (χ1) is 12.5. The van der Waals surface area contributed by atoms with Crippen molar-refractivity contribution in [2.75, 3.05) is 13.1 Å². The molecule has 0 radical (unpaired) electrons. The number of aliphatic imine (C=N–C) groups is 1. The Morgan fingerprint density at radius 2 is 1.96 bits per heavy atom. The van der Waals surface area contributed by atoms with Crippen molar-refractivity contribution in [3.05, 3.63) is 47.8 Å². The van der Waals surface area contributed by atoms with Crippen LogP contribution in [-0.4, -0.2) is 41.1 Å². The number of hydrogen-bond donors (Lipinski definition) is 4. The number of nitrogens with zero attached hydrogens (tertiary/aromatic N) is 2. The minimum atomic E-state index is -0.951. The second-order valence-electron chi connectivity index (χ2n) is 5.78. The van der Waals surface area contributed by atoms with Crippen LogP contribution in [0, 0.1) is 0 Å². The highest BCUT2D eigenvalue weighted by Gasteiger charge is 2.17. The van der Waals surface area contributed by atoms with Crippen molar-refractivity contribution in [2.24, 2.45) is 16.5 Å². The highest BCUT2D eigenvalue weighted by atomic mass is 16.4. The first-order valence-corrected chi connectivity index (χ1v) is 8.29. The number of carboxylic acid groups (broad SMARTS) is 1. The summed E-state index contributed by atoms with van der Waals surface area (Å²) in [6.45, 7) is 0.984. The molecule has 6 N–H and O–H groups in total. The van der Waals surface area contributed by atoms with Gasteiger partial charge in [-0.3, -0.25) is 14.7 Å². The number of guanidine groups is 1. The van der Waals surface area contributed by atoms with E-state index in [1.165, 1.54) is 4.90 Å². The number of hydrogen-bond acceptors (Lipinski definition) is 3. The number of nitrogens with one attached hydrogen (secondary N) is 1. The topological polar surface area (TPSA) is 134 Å². The Kier molecular flexibility index (Phi) is 6.78. The summed E-state index contributed by atoms with van der Waals surface area (Å²) in [5.41, 5.74) is 12.7. The maximum absolute atomic E-state index is 12.4. The molecule has 0 unspecified atom stereocenters. The van der Waals surface area contributed by atoms with Gasteiger partial charge in [0, 0.05) is 25.5 Å². The highest BCUT2D eigenvalue weighted by molar-refractivity contribution is 5.89. The average molecular weight is 357 g/mol. The predicted molar refractivity (Wildman–Crippen MR) is 101 cm³/mol. The number of urea groups is 1. The third-order valence-corrected chi connectivity index (χ3v) is 3.75. The smallest absolute Gasteiger partial charge is 0.325 e. The monoisotopic (exact) mass is 357 g/mol. The van der Waals surface area contributed by atoms with Gasteiger partial charge in [0.1, 0.15) is 0 Å². The van der Waals surface area contributed by atoms with Crippen LogP contribution in [0.4, 0.5) is 4.79 Å². The molecule has 0 bridgehead atoms. The van der Waals surface area contributed by atoms with Gasteiger partial charge < -0.3 is 21.9 Å². The van der Waals surface area contributed by atoms with E-state index in [1.807, 2.05) is 24.3 Å². The van der Waals surface area contributed by atoms with E-state index in [0.29, 0.717) is 18.7 Å². The van der Waals surface area contributed by atoms with Crippen LogP contribution in [0.3, 0.4) is 0 Å². The SMILES string of the molecule is NC(N)=NCCCCNC(=O)N1C=Cc2ccccc2C(CC(=O)O)=C1. The van der Waals surface area contributed by atoms with Gasteiger partial charge >= 0.3 is 12.0 Å². The lowest BCUT2D eigenvalue weighted by molar-refractivity contribution is -0.135. The molecule has 1 aromatic carbocycles. The molecule has 2 rings (SSSR count). The number of rotatable bonds is 7. The van der Waals surface area contributed by atoms with Crippen LogP contribution < -0.4 is 16.8 Å². The van der Waals surface area contributed by atoms with E-state index in [9.17, 15) is 9.59 Å². The largest absolute Gasteiger partial charge is 0.481 e. The van der Waals surface area contributed by atoms with E-state index < -0.39 is 5.97 Å². The molecule has 26 heavy (non-hydrogen) atoms. The van der Waals surface area contributed by atoms with Gasteiger partial charge in [0.2, 0.25) is 0 Å². The van der Waals surface area contributed by atoms with Gasteiger partial charge in [-0.2, -0.15) is 0 Å². The van der Waals surface area contributed by atoms with E-state index in [0.717, 1.165) is 24.0 Å². The number of unbranched alkanes of at least 4 members (excludes halogenated alkanes) is 1. The number of aliphatic carboxylic acids is 1. The maximum atomic E-state index is 12.4. The van der Waals surface area contributed by atoms with Crippen LogP contribution in [0.1, 0.15) is 30.4 Å². The second-order valence-corrected chi connectivity index (χ2v) is 5.78. The molecule has 0 saturated carbocycles. The molecule has 1 aliphatic rings. The lowest BCUT2D eigenvalue weighted by Gasteiger charge is -2.15. The first kappa shape index (κ1) is 19.0. The van der Waals surface area contributed by atoms with Crippen LogP contribution >= 0.6 is 0 Å². The molecule has 1 heterocycles. The fraction of sp³-hybridized carbons (Fsp3) is 0.278. The highest BCUT2D eigenvalue weighted by Crippen LogP contribution is 2.27. The molecule has 2 amide bonds. The summed E-state index contributed by atoms with van der Waals surface area (Å²) in [6.07, 6.45) is 6.29. The van der Waals surface area contributed by atoms with Crippen LogP contribution in [0.15, 0.2) is 41.7 Å². The van der Waals surface area contributed by atoms with E-state index in [1.54, 1.807) is 18.5 Å². The summed E-state index contributed by atoms with van der Waals surface area (Å²) in [5.74, 6) is -0.896. The number of nitrogens with two attached hydrogens (primary N) is 2. The fourth-order valence-corrected chi connectivity index (χ4v) is 2.54. The van der Waals surface area contributed by atoms with Crippen molar-refractivity contribution in [1.29, 1.82) is 0 Å².